The van der Waals surface area contributed by atoms with Gasteiger partial charge in [-0.2, -0.15) is 0 Å². The maximum absolute atomic E-state index is 13.2. The number of carbonyl (C=O) groups excluding carboxylic acids is 2. The van der Waals surface area contributed by atoms with Crippen molar-refractivity contribution < 1.29 is 14.0 Å². The predicted molar refractivity (Wildman–Crippen MR) is 121 cm³/mol. The molecule has 2 aromatic carbocycles. The highest BCUT2D eigenvalue weighted by atomic mass is 35.5. The van der Waals surface area contributed by atoms with Crippen molar-refractivity contribution in [2.24, 2.45) is 10.7 Å². The number of hydrogen-bond donors (Lipinski definition) is 3. The summed E-state index contributed by atoms with van der Waals surface area (Å²) < 4.78 is 13.2. The minimum absolute atomic E-state index is 0.0332. The van der Waals surface area contributed by atoms with E-state index in [4.69, 9.17) is 28.9 Å². The number of amides is 2. The molecule has 0 unspecified atom stereocenters. The van der Waals surface area contributed by atoms with Crippen LogP contribution in [0.2, 0.25) is 10.0 Å². The Labute approximate surface area is 189 Å². The topological polar surface area (TPSA) is 99.8 Å². The van der Waals surface area contributed by atoms with Crippen LogP contribution in [0.3, 0.4) is 0 Å². The van der Waals surface area contributed by atoms with E-state index in [1.54, 1.807) is 24.3 Å². The summed E-state index contributed by atoms with van der Waals surface area (Å²) in [5.41, 5.74) is 7.66. The lowest BCUT2D eigenvalue weighted by molar-refractivity contribution is -0.120. The van der Waals surface area contributed by atoms with Crippen molar-refractivity contribution >= 4 is 52.4 Å². The number of carbonyl (C=O) groups is 2. The fourth-order valence-corrected chi connectivity index (χ4v) is 4.05. The second kappa shape index (κ2) is 9.98. The zero-order chi connectivity index (χ0) is 22.5. The average Bonchev–Trinajstić information content (AvgIpc) is 3.19. The van der Waals surface area contributed by atoms with Gasteiger partial charge in [-0.1, -0.05) is 23.2 Å². The molecule has 31 heavy (non-hydrogen) atoms. The van der Waals surface area contributed by atoms with Gasteiger partial charge in [0.05, 0.1) is 22.3 Å². The van der Waals surface area contributed by atoms with Gasteiger partial charge in [0.15, 0.2) is 5.96 Å². The molecule has 1 atom stereocenters. The van der Waals surface area contributed by atoms with Crippen molar-refractivity contribution in [3.8, 4) is 0 Å². The number of benzene rings is 2. The van der Waals surface area contributed by atoms with Crippen molar-refractivity contribution in [2.75, 3.05) is 16.8 Å². The third-order valence-corrected chi connectivity index (χ3v) is 5.40. The summed E-state index contributed by atoms with van der Waals surface area (Å²) in [6.07, 6.45) is 1.50. The molecule has 1 saturated heterocycles. The summed E-state index contributed by atoms with van der Waals surface area (Å²) in [4.78, 5) is 30.0. The van der Waals surface area contributed by atoms with E-state index in [2.05, 4.69) is 15.6 Å². The van der Waals surface area contributed by atoms with Gasteiger partial charge < -0.3 is 16.0 Å². The normalized spacial score (nSPS) is 16.3. The number of hydrogen-bond acceptors (Lipinski definition) is 4. The molecule has 0 saturated carbocycles. The average molecular weight is 466 g/mol. The van der Waals surface area contributed by atoms with Gasteiger partial charge in [0.25, 0.3) is 0 Å². The lowest BCUT2D eigenvalue weighted by Gasteiger charge is -2.25. The highest BCUT2D eigenvalue weighted by molar-refractivity contribution is 6.39. The molecule has 4 N–H and O–H groups in total. The molecule has 0 spiro atoms. The van der Waals surface area contributed by atoms with Gasteiger partial charge in [0.1, 0.15) is 11.9 Å². The number of nitrogens with one attached hydrogen (secondary N) is 2. The third kappa shape index (κ3) is 5.86. The Balaban J connectivity index is 1.64. The van der Waals surface area contributed by atoms with Crippen LogP contribution in [0.5, 0.6) is 0 Å². The number of guanidine groups is 1. The van der Waals surface area contributed by atoms with Crippen LogP contribution in [0.4, 0.5) is 15.8 Å². The van der Waals surface area contributed by atoms with Gasteiger partial charge in [-0.15, -0.1) is 0 Å². The summed E-state index contributed by atoms with van der Waals surface area (Å²) in [5.74, 6) is -0.928. The maximum atomic E-state index is 13.2. The Hall–Kier alpha value is -2.84. The lowest BCUT2D eigenvalue weighted by Crippen LogP contribution is -2.48. The summed E-state index contributed by atoms with van der Waals surface area (Å²) in [5, 5.41) is 5.73. The van der Waals surface area contributed by atoms with Gasteiger partial charge in [0, 0.05) is 19.2 Å². The molecule has 1 fully saturated rings. The summed E-state index contributed by atoms with van der Waals surface area (Å²) in [6, 6.07) is 8.85. The van der Waals surface area contributed by atoms with E-state index in [9.17, 15) is 14.0 Å². The largest absolute Gasteiger partial charge is 0.370 e. The quantitative estimate of drug-likeness (QED) is 0.462. The summed E-state index contributed by atoms with van der Waals surface area (Å²) in [6.45, 7) is 2.19. The van der Waals surface area contributed by atoms with Crippen molar-refractivity contribution in [1.82, 2.24) is 5.32 Å². The minimum Gasteiger partial charge on any atom is -0.370 e. The van der Waals surface area contributed by atoms with Crippen molar-refractivity contribution in [1.29, 1.82) is 0 Å². The van der Waals surface area contributed by atoms with Crippen LogP contribution in [-0.2, 0) is 16.1 Å². The lowest BCUT2D eigenvalue weighted by atomic mass is 10.2. The first-order valence-corrected chi connectivity index (χ1v) is 10.4. The minimum atomic E-state index is -0.417. The van der Waals surface area contributed by atoms with E-state index in [1.807, 2.05) is 4.90 Å². The number of nitrogens with two attached hydrogens (primary N) is 1. The molecule has 1 heterocycles. The van der Waals surface area contributed by atoms with Crippen molar-refractivity contribution in [2.45, 2.75) is 32.4 Å². The molecule has 2 aromatic rings. The number of anilines is 2. The van der Waals surface area contributed by atoms with E-state index in [-0.39, 0.29) is 40.2 Å². The van der Waals surface area contributed by atoms with Crippen molar-refractivity contribution in [3.05, 3.63) is 57.8 Å². The second-order valence-electron chi connectivity index (χ2n) is 7.13. The van der Waals surface area contributed by atoms with Gasteiger partial charge in [-0.3, -0.25) is 14.9 Å². The zero-order valence-electron chi connectivity index (χ0n) is 16.8. The molecular weight excluding hydrogens is 444 g/mol. The van der Waals surface area contributed by atoms with Crippen LogP contribution in [-0.4, -0.2) is 30.4 Å². The summed E-state index contributed by atoms with van der Waals surface area (Å²) >= 11 is 12.3. The smallest absolute Gasteiger partial charge is 0.249 e. The van der Waals surface area contributed by atoms with Crippen LogP contribution in [0, 0.1) is 5.82 Å². The monoisotopic (exact) mass is 465 g/mol. The molecule has 1 aliphatic heterocycles. The molecule has 3 rings (SSSR count). The first-order valence-electron chi connectivity index (χ1n) is 9.63. The molecule has 0 bridgehead atoms. The third-order valence-electron chi connectivity index (χ3n) is 4.80. The molecule has 0 radical (unpaired) electrons. The van der Waals surface area contributed by atoms with Crippen LogP contribution in [0.25, 0.3) is 0 Å². The molecule has 0 aromatic heterocycles. The van der Waals surface area contributed by atoms with Crippen LogP contribution in [0.15, 0.2) is 41.4 Å². The fraction of sp³-hybridized carbons (Fsp3) is 0.286. The molecule has 1 aliphatic rings. The van der Waals surface area contributed by atoms with Gasteiger partial charge in [-0.25, -0.2) is 9.38 Å². The number of aliphatic imine (C=N–C) groups is 1. The van der Waals surface area contributed by atoms with E-state index in [0.29, 0.717) is 24.2 Å². The van der Waals surface area contributed by atoms with Gasteiger partial charge in [-0.05, 0) is 54.8 Å². The van der Waals surface area contributed by atoms with Crippen LogP contribution in [0.1, 0.15) is 25.3 Å². The Morgan fingerprint density at radius 3 is 2.48 bits per heavy atom. The Morgan fingerprint density at radius 1 is 1.23 bits per heavy atom. The van der Waals surface area contributed by atoms with Crippen LogP contribution < -0.4 is 21.3 Å². The number of rotatable bonds is 5. The SMILES string of the molecule is CC(=O)Nc1c(Cl)cc(CN=C(N)NC(=O)[C@@H]2CCCN2c2ccc(F)cc2)cc1Cl. The van der Waals surface area contributed by atoms with E-state index in [0.717, 1.165) is 12.1 Å². The molecule has 164 valence electrons. The Kier molecular flexibility index (Phi) is 7.35. The second-order valence-corrected chi connectivity index (χ2v) is 7.95. The molecule has 2 amide bonds. The van der Waals surface area contributed by atoms with Gasteiger partial charge in [0.2, 0.25) is 11.8 Å². The molecule has 10 heteroatoms. The van der Waals surface area contributed by atoms with E-state index in [1.165, 1.54) is 19.1 Å². The fourth-order valence-electron chi connectivity index (χ4n) is 3.42. The first-order chi connectivity index (χ1) is 14.7. The van der Waals surface area contributed by atoms with E-state index >= 15 is 0 Å². The summed E-state index contributed by atoms with van der Waals surface area (Å²) in [7, 11) is 0. The van der Waals surface area contributed by atoms with Gasteiger partial charge >= 0.3 is 0 Å². The standard InChI is InChI=1S/C21H22Cl2FN5O2/c1-12(30)27-19-16(22)9-13(10-17(19)23)11-26-21(25)28-20(31)18-3-2-8-29(18)15-6-4-14(24)5-7-15/h4-7,9-10,18H,2-3,8,11H2,1H3,(H,27,30)(H3,25,26,28,31)/t18-/m0/s1. The first kappa shape index (κ1) is 22.8. The molecule has 0 aliphatic carbocycles. The Bertz CT molecular complexity index is 990. The Morgan fingerprint density at radius 2 is 1.87 bits per heavy atom. The van der Waals surface area contributed by atoms with Crippen molar-refractivity contribution in [3.63, 3.8) is 0 Å². The highest BCUT2D eigenvalue weighted by Gasteiger charge is 2.31. The zero-order valence-corrected chi connectivity index (χ0v) is 18.3. The highest BCUT2D eigenvalue weighted by Crippen LogP contribution is 2.32. The molecular formula is C21H22Cl2FN5O2. The predicted octanol–water partition coefficient (Wildman–Crippen LogP) is 3.69. The van der Waals surface area contributed by atoms with E-state index < -0.39 is 6.04 Å². The molecule has 7 nitrogen and oxygen atoms in total. The maximum Gasteiger partial charge on any atom is 0.249 e. The number of halogens is 3. The number of nitrogens with zero attached hydrogens (tertiary/aromatic N) is 2. The van der Waals surface area contributed by atoms with Crippen LogP contribution >= 0.6 is 23.2 Å².